The number of nitriles is 1. The molecule has 2 saturated heterocycles. The molecule has 0 saturated carbocycles. The van der Waals surface area contributed by atoms with Gasteiger partial charge in [-0.1, -0.05) is 0 Å². The Kier molecular flexibility index (Phi) is 4.34. The third-order valence-electron chi connectivity index (χ3n) is 4.88. The van der Waals surface area contributed by atoms with Crippen molar-refractivity contribution in [1.82, 2.24) is 15.0 Å². The molecule has 4 heterocycles. The molecule has 2 aromatic heterocycles. The summed E-state index contributed by atoms with van der Waals surface area (Å²) in [4.78, 5) is 20.1. The van der Waals surface area contributed by atoms with E-state index in [9.17, 15) is 5.26 Å². The molecular weight excluding hydrogens is 314 g/mol. The maximum absolute atomic E-state index is 9.26. The largest absolute Gasteiger partial charge is 0.356 e. The molecule has 0 aromatic carbocycles. The molecule has 0 unspecified atom stereocenters. The molecule has 0 atom stereocenters. The van der Waals surface area contributed by atoms with Crippen LogP contribution in [0.3, 0.4) is 0 Å². The maximum atomic E-state index is 9.26. The highest BCUT2D eigenvalue weighted by molar-refractivity contribution is 5.56. The minimum absolute atomic E-state index is 0.634. The van der Waals surface area contributed by atoms with Gasteiger partial charge in [0.05, 0.1) is 5.56 Å². The van der Waals surface area contributed by atoms with Crippen LogP contribution in [0.4, 0.5) is 17.5 Å². The molecule has 25 heavy (non-hydrogen) atoms. The average molecular weight is 335 g/mol. The Labute approximate surface area is 147 Å². The summed E-state index contributed by atoms with van der Waals surface area (Å²) < 4.78 is 0. The average Bonchev–Trinajstić information content (AvgIpc) is 3.23. The van der Waals surface area contributed by atoms with E-state index in [4.69, 9.17) is 0 Å². The molecule has 2 fully saturated rings. The van der Waals surface area contributed by atoms with Crippen LogP contribution < -0.4 is 14.7 Å². The molecule has 7 nitrogen and oxygen atoms in total. The van der Waals surface area contributed by atoms with Crippen molar-refractivity contribution >= 4 is 17.5 Å². The Morgan fingerprint density at radius 3 is 2.16 bits per heavy atom. The van der Waals surface area contributed by atoms with Crippen molar-refractivity contribution in [2.24, 2.45) is 0 Å². The SMILES string of the molecule is N#Cc1cccnc1N1CCN(c2cc(N3CCCC3)ncn2)CC1. The van der Waals surface area contributed by atoms with Gasteiger partial charge in [0.25, 0.3) is 0 Å². The monoisotopic (exact) mass is 335 g/mol. The standard InChI is InChI=1S/C18H21N7/c19-13-15-4-3-5-20-18(15)25-10-8-24(9-11-25)17-12-16(21-14-22-17)23-6-1-2-7-23/h3-5,12,14H,1-2,6-11H2. The molecule has 2 aromatic rings. The molecule has 2 aliphatic rings. The van der Waals surface area contributed by atoms with Crippen LogP contribution in [-0.2, 0) is 0 Å². The van der Waals surface area contributed by atoms with E-state index in [0.717, 1.165) is 56.7 Å². The van der Waals surface area contributed by atoms with Crippen molar-refractivity contribution < 1.29 is 0 Å². The topological polar surface area (TPSA) is 72.2 Å². The highest BCUT2D eigenvalue weighted by Gasteiger charge is 2.22. The summed E-state index contributed by atoms with van der Waals surface area (Å²) in [6.45, 7) is 5.54. The lowest BCUT2D eigenvalue weighted by Crippen LogP contribution is -2.47. The van der Waals surface area contributed by atoms with Gasteiger partial charge in [-0.3, -0.25) is 0 Å². The molecule has 0 aliphatic carbocycles. The van der Waals surface area contributed by atoms with Crippen LogP contribution in [0.5, 0.6) is 0 Å². The third kappa shape index (κ3) is 3.20. The summed E-state index contributed by atoms with van der Waals surface area (Å²) in [5.41, 5.74) is 0.634. The number of anilines is 3. The number of hydrogen-bond acceptors (Lipinski definition) is 7. The molecule has 0 spiro atoms. The number of rotatable bonds is 3. The summed E-state index contributed by atoms with van der Waals surface area (Å²) in [6, 6.07) is 7.96. The van der Waals surface area contributed by atoms with Crippen molar-refractivity contribution in [3.63, 3.8) is 0 Å². The van der Waals surface area contributed by atoms with Gasteiger partial charge in [-0.05, 0) is 25.0 Å². The first kappa shape index (κ1) is 15.6. The van der Waals surface area contributed by atoms with Gasteiger partial charge in [0.1, 0.15) is 29.9 Å². The minimum atomic E-state index is 0.634. The quantitative estimate of drug-likeness (QED) is 0.845. The van der Waals surface area contributed by atoms with Gasteiger partial charge in [-0.25, -0.2) is 15.0 Å². The van der Waals surface area contributed by atoms with E-state index in [1.807, 2.05) is 6.07 Å². The smallest absolute Gasteiger partial charge is 0.146 e. The molecule has 0 amide bonds. The molecule has 2 aliphatic heterocycles. The second-order valence-electron chi connectivity index (χ2n) is 6.39. The first-order chi connectivity index (χ1) is 12.3. The van der Waals surface area contributed by atoms with E-state index < -0.39 is 0 Å². The van der Waals surface area contributed by atoms with Gasteiger partial charge >= 0.3 is 0 Å². The van der Waals surface area contributed by atoms with Crippen molar-refractivity contribution in [3.8, 4) is 6.07 Å². The lowest BCUT2D eigenvalue weighted by atomic mass is 10.2. The molecule has 128 valence electrons. The highest BCUT2D eigenvalue weighted by Crippen LogP contribution is 2.24. The summed E-state index contributed by atoms with van der Waals surface area (Å²) in [5, 5.41) is 9.26. The zero-order valence-electron chi connectivity index (χ0n) is 14.2. The van der Waals surface area contributed by atoms with Crippen molar-refractivity contribution in [3.05, 3.63) is 36.3 Å². The highest BCUT2D eigenvalue weighted by atomic mass is 15.3. The van der Waals surface area contributed by atoms with E-state index in [2.05, 4.69) is 41.8 Å². The second kappa shape index (κ2) is 6.93. The fraction of sp³-hybridized carbons (Fsp3) is 0.444. The van der Waals surface area contributed by atoms with E-state index in [-0.39, 0.29) is 0 Å². The third-order valence-corrected chi connectivity index (χ3v) is 4.88. The van der Waals surface area contributed by atoms with Gasteiger partial charge in [0, 0.05) is 51.5 Å². The van der Waals surface area contributed by atoms with Crippen molar-refractivity contribution in [2.45, 2.75) is 12.8 Å². The summed E-state index contributed by atoms with van der Waals surface area (Å²) in [6.07, 6.45) is 5.89. The van der Waals surface area contributed by atoms with Crippen molar-refractivity contribution in [1.29, 1.82) is 5.26 Å². The fourth-order valence-electron chi connectivity index (χ4n) is 3.51. The van der Waals surface area contributed by atoms with Gasteiger partial charge in [-0.15, -0.1) is 0 Å². The lowest BCUT2D eigenvalue weighted by Gasteiger charge is -2.36. The number of aromatic nitrogens is 3. The van der Waals surface area contributed by atoms with Gasteiger partial charge in [0.2, 0.25) is 0 Å². The van der Waals surface area contributed by atoms with Gasteiger partial charge in [-0.2, -0.15) is 5.26 Å². The van der Waals surface area contributed by atoms with E-state index in [0.29, 0.717) is 5.56 Å². The molecule has 0 bridgehead atoms. The summed E-state index contributed by atoms with van der Waals surface area (Å²) in [7, 11) is 0. The summed E-state index contributed by atoms with van der Waals surface area (Å²) in [5.74, 6) is 2.80. The Balaban J connectivity index is 1.45. The second-order valence-corrected chi connectivity index (χ2v) is 6.39. The van der Waals surface area contributed by atoms with Crippen LogP contribution in [0.25, 0.3) is 0 Å². The molecule has 7 heteroatoms. The lowest BCUT2D eigenvalue weighted by molar-refractivity contribution is 0.640. The minimum Gasteiger partial charge on any atom is -0.356 e. The Hall–Kier alpha value is -2.88. The van der Waals surface area contributed by atoms with E-state index >= 15 is 0 Å². The van der Waals surface area contributed by atoms with Crippen LogP contribution in [0.1, 0.15) is 18.4 Å². The molecule has 0 radical (unpaired) electrons. The number of hydrogen-bond donors (Lipinski definition) is 0. The van der Waals surface area contributed by atoms with E-state index in [1.165, 1.54) is 12.8 Å². The molecular formula is C18H21N7. The zero-order valence-corrected chi connectivity index (χ0v) is 14.2. The van der Waals surface area contributed by atoms with Crippen LogP contribution in [0.15, 0.2) is 30.7 Å². The number of pyridine rings is 1. The normalized spacial score (nSPS) is 17.6. The van der Waals surface area contributed by atoms with Crippen molar-refractivity contribution in [2.75, 3.05) is 54.0 Å². The number of piperazine rings is 1. The van der Waals surface area contributed by atoms with Crippen LogP contribution in [-0.4, -0.2) is 54.2 Å². The predicted molar refractivity (Wildman–Crippen MR) is 96.9 cm³/mol. The maximum Gasteiger partial charge on any atom is 0.146 e. The van der Waals surface area contributed by atoms with Crippen LogP contribution in [0.2, 0.25) is 0 Å². The van der Waals surface area contributed by atoms with Gasteiger partial charge < -0.3 is 14.7 Å². The zero-order chi connectivity index (χ0) is 17.1. The van der Waals surface area contributed by atoms with E-state index in [1.54, 1.807) is 18.6 Å². The Morgan fingerprint density at radius 2 is 1.48 bits per heavy atom. The Morgan fingerprint density at radius 1 is 0.840 bits per heavy atom. The van der Waals surface area contributed by atoms with Crippen LogP contribution >= 0.6 is 0 Å². The number of nitrogens with zero attached hydrogens (tertiary/aromatic N) is 7. The first-order valence-corrected chi connectivity index (χ1v) is 8.77. The van der Waals surface area contributed by atoms with Gasteiger partial charge in [0.15, 0.2) is 0 Å². The fourth-order valence-corrected chi connectivity index (χ4v) is 3.51. The van der Waals surface area contributed by atoms with Crippen LogP contribution in [0, 0.1) is 11.3 Å². The molecule has 4 rings (SSSR count). The Bertz CT molecular complexity index is 771. The first-order valence-electron chi connectivity index (χ1n) is 8.77. The summed E-state index contributed by atoms with van der Waals surface area (Å²) >= 11 is 0. The molecule has 0 N–H and O–H groups in total. The predicted octanol–water partition coefficient (Wildman–Crippen LogP) is 1.67.